The van der Waals surface area contributed by atoms with Crippen LogP contribution in [0.4, 0.5) is 10.6 Å². The number of aromatic nitrogens is 2. The van der Waals surface area contributed by atoms with Gasteiger partial charge in [0.1, 0.15) is 10.6 Å². The molecule has 6 heteroatoms. The first kappa shape index (κ1) is 12.8. The Bertz CT molecular complexity index is 556. The van der Waals surface area contributed by atoms with Gasteiger partial charge in [0, 0.05) is 6.54 Å². The summed E-state index contributed by atoms with van der Waals surface area (Å²) in [6.07, 6.45) is 5.93. The van der Waals surface area contributed by atoms with Crippen LogP contribution < -0.4 is 10.6 Å². The summed E-state index contributed by atoms with van der Waals surface area (Å²) in [7, 11) is 0. The molecule has 1 aromatic rings. The van der Waals surface area contributed by atoms with Gasteiger partial charge in [0.15, 0.2) is 0 Å². The highest BCUT2D eigenvalue weighted by Crippen LogP contribution is 2.31. The predicted molar refractivity (Wildman–Crippen MR) is 74.1 cm³/mol. The van der Waals surface area contributed by atoms with Crippen molar-refractivity contribution < 1.29 is 4.79 Å². The number of rotatable bonds is 1. The van der Waals surface area contributed by atoms with Gasteiger partial charge in [-0.05, 0) is 37.8 Å². The van der Waals surface area contributed by atoms with Crippen molar-refractivity contribution in [1.29, 1.82) is 0 Å². The lowest BCUT2D eigenvalue weighted by Gasteiger charge is -2.20. The molecule has 2 heterocycles. The SMILES string of the molecule is O=[C]([Al])Nc1cnc2c(n1)CCCC1=C2CNCC1. The molecule has 0 atom stereocenters. The maximum Gasteiger partial charge on any atom is 0.281 e. The normalized spacial score (nSPS) is 18.3. The fourth-order valence-corrected chi connectivity index (χ4v) is 2.91. The van der Waals surface area contributed by atoms with Crippen LogP contribution in [0.15, 0.2) is 11.8 Å². The van der Waals surface area contributed by atoms with Gasteiger partial charge in [-0.25, -0.2) is 4.98 Å². The first-order chi connectivity index (χ1) is 9.24. The van der Waals surface area contributed by atoms with E-state index in [4.69, 9.17) is 0 Å². The fraction of sp³-hybridized carbons (Fsp3) is 0.462. The first-order valence-corrected chi connectivity index (χ1v) is 7.16. The Kier molecular flexibility index (Phi) is 3.65. The molecule has 0 fully saturated rings. The van der Waals surface area contributed by atoms with E-state index in [0.29, 0.717) is 5.82 Å². The molecule has 0 unspecified atom stereocenters. The summed E-state index contributed by atoms with van der Waals surface area (Å²) in [5, 5.41) is 6.07. The maximum atomic E-state index is 11.0. The average Bonchev–Trinajstić information content (AvgIpc) is 2.56. The van der Waals surface area contributed by atoms with E-state index in [2.05, 4.69) is 36.9 Å². The molecule has 0 bridgehead atoms. The Labute approximate surface area is 120 Å². The van der Waals surface area contributed by atoms with Crippen molar-refractivity contribution in [3.63, 3.8) is 0 Å². The monoisotopic (exact) mass is 270 g/mol. The average molecular weight is 270 g/mol. The van der Waals surface area contributed by atoms with Crippen molar-refractivity contribution in [2.45, 2.75) is 25.7 Å². The molecule has 0 aromatic carbocycles. The minimum atomic E-state index is -0.192. The number of nitrogens with one attached hydrogen (secondary N) is 2. The minimum Gasteiger partial charge on any atom is -0.328 e. The summed E-state index contributed by atoms with van der Waals surface area (Å²) < 4.78 is -0.192. The molecule has 2 N–H and O–H groups in total. The van der Waals surface area contributed by atoms with Gasteiger partial charge in [0.05, 0.1) is 17.6 Å². The van der Waals surface area contributed by atoms with E-state index in [1.165, 1.54) is 11.1 Å². The molecule has 96 valence electrons. The van der Waals surface area contributed by atoms with Crippen molar-refractivity contribution in [3.8, 4) is 0 Å². The molecule has 3 rings (SSSR count). The molecule has 1 amide bonds. The topological polar surface area (TPSA) is 66.9 Å². The molecule has 1 aliphatic heterocycles. The van der Waals surface area contributed by atoms with Gasteiger partial charge in [-0.3, -0.25) is 4.98 Å². The number of anilines is 1. The minimum absolute atomic E-state index is 0.192. The Morgan fingerprint density at radius 2 is 2.26 bits per heavy atom. The van der Waals surface area contributed by atoms with E-state index in [1.807, 2.05) is 0 Å². The van der Waals surface area contributed by atoms with E-state index in [0.717, 1.165) is 50.2 Å². The summed E-state index contributed by atoms with van der Waals surface area (Å²) in [6.45, 7) is 1.94. The molecule has 5 nitrogen and oxygen atoms in total. The molecule has 1 aromatic heterocycles. The molecular formula is C13H15AlN4O. The Morgan fingerprint density at radius 1 is 1.37 bits per heavy atom. The highest BCUT2D eigenvalue weighted by Gasteiger charge is 2.22. The van der Waals surface area contributed by atoms with Crippen molar-refractivity contribution >= 4 is 32.5 Å². The smallest absolute Gasteiger partial charge is 0.281 e. The Hall–Kier alpha value is -1.22. The van der Waals surface area contributed by atoms with Gasteiger partial charge < -0.3 is 15.4 Å². The van der Waals surface area contributed by atoms with Gasteiger partial charge in [0.2, 0.25) is 0 Å². The molecule has 19 heavy (non-hydrogen) atoms. The number of aryl methyl sites for hydroxylation is 1. The summed E-state index contributed by atoms with van der Waals surface area (Å²) in [5.41, 5.74) is 4.86. The Morgan fingerprint density at radius 3 is 3.11 bits per heavy atom. The predicted octanol–water partition coefficient (Wildman–Crippen LogP) is 1.26. The summed E-state index contributed by atoms with van der Waals surface area (Å²) in [5.74, 6) is 0.534. The number of fused-ring (bicyclic) bond motifs is 2. The standard InChI is InChI=1S/C13H15N4O.Al/c18-8-16-12-7-15-13-10-6-14-5-4-9(10)2-1-3-11(13)17-12;/h7,14H,1-6H2,(H,16,17,18);. The van der Waals surface area contributed by atoms with Crippen LogP contribution in [0.2, 0.25) is 0 Å². The lowest BCUT2D eigenvalue weighted by molar-refractivity contribution is 0.268. The first-order valence-electron chi connectivity index (χ1n) is 6.58. The molecule has 1 aliphatic carbocycles. The van der Waals surface area contributed by atoms with Gasteiger partial charge in [-0.2, -0.15) is 0 Å². The summed E-state index contributed by atoms with van der Waals surface area (Å²) in [6, 6.07) is 0. The van der Waals surface area contributed by atoms with E-state index < -0.39 is 0 Å². The van der Waals surface area contributed by atoms with E-state index in [9.17, 15) is 4.79 Å². The van der Waals surface area contributed by atoms with Crippen molar-refractivity contribution in [1.82, 2.24) is 15.3 Å². The molecule has 2 radical (unpaired) electrons. The molecule has 0 saturated heterocycles. The van der Waals surface area contributed by atoms with Crippen molar-refractivity contribution in [3.05, 3.63) is 23.2 Å². The number of carbonyl (C=O) groups excluding carboxylic acids is 1. The number of hydrogen-bond donors (Lipinski definition) is 2. The van der Waals surface area contributed by atoms with Gasteiger partial charge >= 0.3 is 0 Å². The van der Waals surface area contributed by atoms with Crippen molar-refractivity contribution in [2.75, 3.05) is 18.4 Å². The van der Waals surface area contributed by atoms with Crippen LogP contribution in [0.3, 0.4) is 0 Å². The van der Waals surface area contributed by atoms with Crippen LogP contribution in [-0.4, -0.2) is 44.1 Å². The second kappa shape index (κ2) is 5.42. The van der Waals surface area contributed by atoms with Crippen LogP contribution in [0, 0.1) is 0 Å². The fourth-order valence-electron chi connectivity index (χ4n) is 2.77. The van der Waals surface area contributed by atoms with E-state index >= 15 is 0 Å². The number of nitrogens with zero attached hydrogens (tertiary/aromatic N) is 2. The quantitative estimate of drug-likeness (QED) is 0.754. The van der Waals surface area contributed by atoms with Gasteiger partial charge in [0.25, 0.3) is 16.3 Å². The summed E-state index contributed by atoms with van der Waals surface area (Å²) >= 11 is 2.09. The highest BCUT2D eigenvalue weighted by molar-refractivity contribution is 6.60. The molecule has 2 aliphatic rings. The number of hydrogen-bond acceptors (Lipinski definition) is 4. The highest BCUT2D eigenvalue weighted by atomic mass is 27.0. The van der Waals surface area contributed by atoms with Crippen LogP contribution >= 0.6 is 0 Å². The third-order valence-corrected chi connectivity index (χ3v) is 3.75. The van der Waals surface area contributed by atoms with Gasteiger partial charge in [-0.15, -0.1) is 0 Å². The second-order valence-corrected chi connectivity index (χ2v) is 5.43. The Balaban J connectivity index is 2.00. The third kappa shape index (κ3) is 2.71. The lowest BCUT2D eigenvalue weighted by atomic mass is 9.97. The van der Waals surface area contributed by atoms with Crippen LogP contribution in [0.25, 0.3) is 5.57 Å². The summed E-state index contributed by atoms with van der Waals surface area (Å²) in [4.78, 5) is 20.1. The van der Waals surface area contributed by atoms with Crippen LogP contribution in [-0.2, 0) is 6.42 Å². The number of amides is 1. The second-order valence-electron chi connectivity index (χ2n) is 4.90. The third-order valence-electron chi connectivity index (χ3n) is 3.61. The molecular weight excluding hydrogens is 255 g/mol. The zero-order valence-electron chi connectivity index (χ0n) is 10.7. The van der Waals surface area contributed by atoms with Crippen LogP contribution in [0.5, 0.6) is 0 Å². The zero-order valence-corrected chi connectivity index (χ0v) is 11.9. The van der Waals surface area contributed by atoms with E-state index in [1.54, 1.807) is 6.20 Å². The van der Waals surface area contributed by atoms with Crippen LogP contribution in [0.1, 0.15) is 30.7 Å². The maximum absolute atomic E-state index is 11.0. The number of carbonyl (C=O) groups is 1. The van der Waals surface area contributed by atoms with Gasteiger partial charge in [-0.1, -0.05) is 5.57 Å². The zero-order chi connectivity index (χ0) is 13.2. The van der Waals surface area contributed by atoms with E-state index in [-0.39, 0.29) is 4.77 Å². The molecule has 0 saturated carbocycles. The molecule has 0 spiro atoms. The largest absolute Gasteiger partial charge is 0.328 e. The lowest BCUT2D eigenvalue weighted by Crippen LogP contribution is -2.25. The van der Waals surface area contributed by atoms with Crippen molar-refractivity contribution in [2.24, 2.45) is 0 Å².